The fourth-order valence-corrected chi connectivity index (χ4v) is 4.38. The molecule has 6 heteroatoms. The Morgan fingerprint density at radius 3 is 2.39 bits per heavy atom. The Hall–Kier alpha value is -1.03. The lowest BCUT2D eigenvalue weighted by molar-refractivity contribution is 0.443. The first-order valence-electron chi connectivity index (χ1n) is 5.68. The third kappa shape index (κ3) is 2.86. The number of benzene rings is 1. The van der Waals surface area contributed by atoms with Gasteiger partial charge in [-0.15, -0.1) is 0 Å². The second-order valence-corrected chi connectivity index (χ2v) is 7.16. The standard InChI is InChI=1S/C12H14N2O2S2/c13-6-5-11-1-3-12(4-2-11)18(15,16)14-7-9-17-10-8-14/h1-4H,5,7-10H2. The molecule has 1 aromatic rings. The van der Waals surface area contributed by atoms with Crippen LogP contribution in [-0.4, -0.2) is 37.3 Å². The summed E-state index contributed by atoms with van der Waals surface area (Å²) in [5.74, 6) is 1.71. The number of nitriles is 1. The average molecular weight is 282 g/mol. The van der Waals surface area contributed by atoms with Crippen molar-refractivity contribution in [1.82, 2.24) is 4.31 Å². The monoisotopic (exact) mass is 282 g/mol. The van der Waals surface area contributed by atoms with Gasteiger partial charge in [0.2, 0.25) is 10.0 Å². The third-order valence-electron chi connectivity index (χ3n) is 2.81. The van der Waals surface area contributed by atoms with E-state index in [1.165, 1.54) is 4.31 Å². The minimum Gasteiger partial charge on any atom is -0.207 e. The van der Waals surface area contributed by atoms with Crippen LogP contribution in [0.15, 0.2) is 29.2 Å². The number of hydrogen-bond donors (Lipinski definition) is 0. The number of thioether (sulfide) groups is 1. The van der Waals surface area contributed by atoms with Gasteiger partial charge in [0.05, 0.1) is 17.4 Å². The quantitative estimate of drug-likeness (QED) is 0.842. The zero-order chi connectivity index (χ0) is 13.0. The highest BCUT2D eigenvalue weighted by Gasteiger charge is 2.25. The van der Waals surface area contributed by atoms with Crippen molar-refractivity contribution in [3.63, 3.8) is 0 Å². The highest BCUT2D eigenvalue weighted by Crippen LogP contribution is 2.20. The van der Waals surface area contributed by atoms with Crippen molar-refractivity contribution in [3.8, 4) is 6.07 Å². The maximum absolute atomic E-state index is 12.3. The zero-order valence-electron chi connectivity index (χ0n) is 9.87. The van der Waals surface area contributed by atoms with Crippen molar-refractivity contribution in [2.75, 3.05) is 24.6 Å². The molecule has 2 rings (SSSR count). The summed E-state index contributed by atoms with van der Waals surface area (Å²) in [6.07, 6.45) is 0.306. The van der Waals surface area contributed by atoms with E-state index in [4.69, 9.17) is 5.26 Å². The van der Waals surface area contributed by atoms with E-state index in [9.17, 15) is 8.42 Å². The highest BCUT2D eigenvalue weighted by atomic mass is 32.2. The summed E-state index contributed by atoms with van der Waals surface area (Å²) >= 11 is 1.78. The Bertz CT molecular complexity index is 540. The molecule has 1 fully saturated rings. The van der Waals surface area contributed by atoms with Crippen molar-refractivity contribution in [2.24, 2.45) is 0 Å². The first-order chi connectivity index (χ1) is 8.64. The molecule has 0 aliphatic carbocycles. The van der Waals surface area contributed by atoms with Gasteiger partial charge in [-0.05, 0) is 17.7 Å². The maximum Gasteiger partial charge on any atom is 0.243 e. The predicted octanol–water partition coefficient (Wildman–Crippen LogP) is 1.49. The Balaban J connectivity index is 2.21. The number of sulfonamides is 1. The first kappa shape index (κ1) is 13.4. The van der Waals surface area contributed by atoms with E-state index in [0.29, 0.717) is 24.4 Å². The largest absolute Gasteiger partial charge is 0.243 e. The molecule has 96 valence electrons. The van der Waals surface area contributed by atoms with Crippen LogP contribution in [0.2, 0.25) is 0 Å². The van der Waals surface area contributed by atoms with Gasteiger partial charge in [0.25, 0.3) is 0 Å². The van der Waals surface area contributed by atoms with Crippen LogP contribution in [0.1, 0.15) is 5.56 Å². The van der Waals surface area contributed by atoms with Gasteiger partial charge >= 0.3 is 0 Å². The lowest BCUT2D eigenvalue weighted by Gasteiger charge is -2.25. The SMILES string of the molecule is N#CCc1ccc(S(=O)(=O)N2CCSCC2)cc1. The van der Waals surface area contributed by atoms with E-state index in [0.717, 1.165) is 17.1 Å². The second kappa shape index (κ2) is 5.74. The van der Waals surface area contributed by atoms with Gasteiger partial charge in [0, 0.05) is 24.6 Å². The summed E-state index contributed by atoms with van der Waals surface area (Å²) in [4.78, 5) is 0.316. The molecule has 1 heterocycles. The normalized spacial score (nSPS) is 17.3. The van der Waals surface area contributed by atoms with Gasteiger partial charge in [-0.25, -0.2) is 8.42 Å². The minimum absolute atomic E-state index is 0.306. The molecule has 1 aromatic carbocycles. The lowest BCUT2D eigenvalue weighted by Crippen LogP contribution is -2.37. The molecule has 0 unspecified atom stereocenters. The van der Waals surface area contributed by atoms with Gasteiger partial charge in [0.15, 0.2) is 0 Å². The van der Waals surface area contributed by atoms with Crippen molar-refractivity contribution < 1.29 is 8.42 Å². The Morgan fingerprint density at radius 2 is 1.83 bits per heavy atom. The Morgan fingerprint density at radius 1 is 1.22 bits per heavy atom. The van der Waals surface area contributed by atoms with Crippen molar-refractivity contribution in [3.05, 3.63) is 29.8 Å². The molecule has 1 aliphatic rings. The molecule has 0 radical (unpaired) electrons. The van der Waals surface area contributed by atoms with Crippen LogP contribution in [0.4, 0.5) is 0 Å². The lowest BCUT2D eigenvalue weighted by atomic mass is 10.2. The van der Waals surface area contributed by atoms with Gasteiger partial charge in [0.1, 0.15) is 0 Å². The van der Waals surface area contributed by atoms with E-state index in [1.807, 2.05) is 6.07 Å². The first-order valence-corrected chi connectivity index (χ1v) is 8.28. The molecule has 0 atom stereocenters. The molecule has 0 saturated carbocycles. The van der Waals surface area contributed by atoms with Crippen LogP contribution in [0.3, 0.4) is 0 Å². The third-order valence-corrected chi connectivity index (χ3v) is 5.67. The van der Waals surface area contributed by atoms with Crippen LogP contribution in [0, 0.1) is 11.3 Å². The molecule has 0 N–H and O–H groups in total. The van der Waals surface area contributed by atoms with Gasteiger partial charge in [-0.2, -0.15) is 21.3 Å². The van der Waals surface area contributed by atoms with E-state index >= 15 is 0 Å². The average Bonchev–Trinajstić information content (AvgIpc) is 2.41. The molecule has 0 bridgehead atoms. The second-order valence-electron chi connectivity index (χ2n) is 4.00. The fraction of sp³-hybridized carbons (Fsp3) is 0.417. The molecule has 1 aliphatic heterocycles. The molecular formula is C12H14N2O2S2. The summed E-state index contributed by atoms with van der Waals surface area (Å²) < 4.78 is 26.1. The predicted molar refractivity (Wildman–Crippen MR) is 71.8 cm³/mol. The zero-order valence-corrected chi connectivity index (χ0v) is 11.5. The van der Waals surface area contributed by atoms with Crippen molar-refractivity contribution in [1.29, 1.82) is 5.26 Å². The smallest absolute Gasteiger partial charge is 0.207 e. The van der Waals surface area contributed by atoms with Gasteiger partial charge in [-0.3, -0.25) is 0 Å². The topological polar surface area (TPSA) is 61.2 Å². The van der Waals surface area contributed by atoms with E-state index in [-0.39, 0.29) is 0 Å². The van der Waals surface area contributed by atoms with E-state index < -0.39 is 10.0 Å². The number of nitrogens with zero attached hydrogens (tertiary/aromatic N) is 2. The molecular weight excluding hydrogens is 268 g/mol. The summed E-state index contributed by atoms with van der Waals surface area (Å²) in [6, 6.07) is 8.62. The van der Waals surface area contributed by atoms with Crippen LogP contribution < -0.4 is 0 Å². The molecule has 4 nitrogen and oxygen atoms in total. The Labute approximate surface area is 112 Å². The van der Waals surface area contributed by atoms with Crippen LogP contribution in [-0.2, 0) is 16.4 Å². The number of hydrogen-bond acceptors (Lipinski definition) is 4. The molecule has 18 heavy (non-hydrogen) atoms. The van der Waals surface area contributed by atoms with Crippen molar-refractivity contribution in [2.45, 2.75) is 11.3 Å². The number of rotatable bonds is 3. The molecule has 0 spiro atoms. The molecule has 0 aromatic heterocycles. The highest BCUT2D eigenvalue weighted by molar-refractivity contribution is 7.99. The maximum atomic E-state index is 12.3. The Kier molecular flexibility index (Phi) is 4.27. The van der Waals surface area contributed by atoms with E-state index in [1.54, 1.807) is 36.0 Å². The van der Waals surface area contributed by atoms with Crippen molar-refractivity contribution >= 4 is 21.8 Å². The van der Waals surface area contributed by atoms with Gasteiger partial charge in [-0.1, -0.05) is 12.1 Å². The minimum atomic E-state index is -3.36. The summed E-state index contributed by atoms with van der Waals surface area (Å²) in [5, 5.41) is 8.57. The van der Waals surface area contributed by atoms with E-state index in [2.05, 4.69) is 0 Å². The van der Waals surface area contributed by atoms with Crippen LogP contribution in [0.5, 0.6) is 0 Å². The van der Waals surface area contributed by atoms with Crippen LogP contribution >= 0.6 is 11.8 Å². The summed E-state index contributed by atoms with van der Waals surface area (Å²) in [5.41, 5.74) is 0.839. The van der Waals surface area contributed by atoms with Gasteiger partial charge < -0.3 is 0 Å². The van der Waals surface area contributed by atoms with Crippen LogP contribution in [0.25, 0.3) is 0 Å². The summed E-state index contributed by atoms with van der Waals surface area (Å²) in [6.45, 7) is 1.15. The molecule has 1 saturated heterocycles. The summed E-state index contributed by atoms with van der Waals surface area (Å²) in [7, 11) is -3.36. The fourth-order valence-electron chi connectivity index (χ4n) is 1.81. The molecule has 0 amide bonds.